The molecule has 3 rings (SSSR count). The quantitative estimate of drug-likeness (QED) is 0.467. The van der Waals surface area contributed by atoms with Gasteiger partial charge in [0.2, 0.25) is 5.91 Å². The highest BCUT2D eigenvalue weighted by Gasteiger charge is 2.35. The van der Waals surface area contributed by atoms with Crippen molar-refractivity contribution in [3.05, 3.63) is 30.1 Å². The first kappa shape index (κ1) is 26.9. The summed E-state index contributed by atoms with van der Waals surface area (Å²) in [7, 11) is 0. The van der Waals surface area contributed by atoms with Gasteiger partial charge in [-0.25, -0.2) is 4.39 Å². The lowest BCUT2D eigenvalue weighted by Gasteiger charge is -2.47. The number of para-hydroxylation sites is 1. The molecule has 6 nitrogen and oxygen atoms in total. The van der Waals surface area contributed by atoms with Crippen LogP contribution in [-0.2, 0) is 9.53 Å². The summed E-state index contributed by atoms with van der Waals surface area (Å²) in [4.78, 5) is 19.8. The van der Waals surface area contributed by atoms with Crippen molar-refractivity contribution in [1.29, 1.82) is 0 Å². The molecule has 0 saturated carbocycles. The van der Waals surface area contributed by atoms with Crippen molar-refractivity contribution >= 4 is 11.6 Å². The van der Waals surface area contributed by atoms with Gasteiger partial charge in [0.15, 0.2) is 0 Å². The van der Waals surface area contributed by atoms with Gasteiger partial charge in [0.1, 0.15) is 5.82 Å². The zero-order chi connectivity index (χ0) is 24.3. The summed E-state index contributed by atoms with van der Waals surface area (Å²) >= 11 is 0. The van der Waals surface area contributed by atoms with Crippen LogP contribution in [0.1, 0.15) is 46.5 Å². The van der Waals surface area contributed by atoms with Crippen molar-refractivity contribution in [2.75, 3.05) is 70.5 Å². The smallest absolute Gasteiger partial charge is 0.220 e. The molecule has 1 amide bonds. The molecule has 2 aliphatic heterocycles. The highest BCUT2D eigenvalue weighted by molar-refractivity contribution is 5.75. The van der Waals surface area contributed by atoms with Crippen LogP contribution < -0.4 is 10.2 Å². The van der Waals surface area contributed by atoms with Gasteiger partial charge in [-0.15, -0.1) is 0 Å². The summed E-state index contributed by atoms with van der Waals surface area (Å²) in [5.41, 5.74) is 0.714. The molecule has 2 fully saturated rings. The number of nitrogens with one attached hydrogen (secondary N) is 1. The molecule has 0 aromatic heterocycles. The number of ether oxygens (including phenoxy) is 1. The predicted octanol–water partition coefficient (Wildman–Crippen LogP) is 3.62. The van der Waals surface area contributed by atoms with Gasteiger partial charge in [-0.1, -0.05) is 26.0 Å². The zero-order valence-corrected chi connectivity index (χ0v) is 21.5. The molecule has 2 saturated heterocycles. The van der Waals surface area contributed by atoms with Crippen molar-refractivity contribution in [2.45, 2.75) is 52.5 Å². The molecule has 1 N–H and O–H groups in total. The molecule has 192 valence electrons. The number of amides is 1. The maximum atomic E-state index is 14.3. The van der Waals surface area contributed by atoms with Gasteiger partial charge < -0.3 is 19.9 Å². The number of hydrogen-bond acceptors (Lipinski definition) is 5. The number of piperazine rings is 1. The van der Waals surface area contributed by atoms with Crippen LogP contribution in [0.5, 0.6) is 0 Å². The lowest BCUT2D eigenvalue weighted by atomic mass is 9.86. The van der Waals surface area contributed by atoms with Crippen LogP contribution >= 0.6 is 0 Å². The van der Waals surface area contributed by atoms with Crippen molar-refractivity contribution in [1.82, 2.24) is 15.1 Å². The van der Waals surface area contributed by atoms with Crippen LogP contribution in [0.15, 0.2) is 24.3 Å². The number of piperidine rings is 1. The zero-order valence-electron chi connectivity index (χ0n) is 21.5. The third-order valence-corrected chi connectivity index (χ3v) is 7.11. The predicted molar refractivity (Wildman–Crippen MR) is 137 cm³/mol. The van der Waals surface area contributed by atoms with Gasteiger partial charge >= 0.3 is 0 Å². The number of hydrogen-bond donors (Lipinski definition) is 1. The number of carbonyl (C=O) groups excluding carboxylic acids is 1. The van der Waals surface area contributed by atoms with Crippen LogP contribution in [0.25, 0.3) is 0 Å². The minimum atomic E-state index is -0.136. The maximum absolute atomic E-state index is 14.3. The number of anilines is 1. The van der Waals surface area contributed by atoms with Gasteiger partial charge in [-0.05, 0) is 56.7 Å². The van der Waals surface area contributed by atoms with Crippen molar-refractivity contribution in [3.63, 3.8) is 0 Å². The third-order valence-electron chi connectivity index (χ3n) is 7.11. The Morgan fingerprint density at radius 1 is 1.18 bits per heavy atom. The first-order valence-corrected chi connectivity index (χ1v) is 13.3. The minimum absolute atomic E-state index is 0.136. The lowest BCUT2D eigenvalue weighted by molar-refractivity contribution is -0.121. The lowest BCUT2D eigenvalue weighted by Crippen LogP contribution is -2.57. The molecular weight excluding hydrogens is 431 g/mol. The Hall–Kier alpha value is -1.70. The van der Waals surface area contributed by atoms with Crippen LogP contribution in [-0.4, -0.2) is 87.3 Å². The van der Waals surface area contributed by atoms with Gasteiger partial charge in [-0.3, -0.25) is 9.69 Å². The second kappa shape index (κ2) is 14.0. The van der Waals surface area contributed by atoms with E-state index in [9.17, 15) is 9.18 Å². The molecule has 1 aromatic rings. The Balaban J connectivity index is 1.53. The number of likely N-dealkylation sites (tertiary alicyclic amines) is 1. The third kappa shape index (κ3) is 8.21. The van der Waals surface area contributed by atoms with E-state index in [0.29, 0.717) is 43.1 Å². The van der Waals surface area contributed by atoms with E-state index < -0.39 is 0 Å². The molecule has 2 heterocycles. The van der Waals surface area contributed by atoms with Gasteiger partial charge in [-0.2, -0.15) is 0 Å². The standard InChI is InChI=1S/C27H45FN4O2/c1-4-34-19-7-13-29-27(33)11-10-23-21-30(20-22(2)3)14-12-25(23)31-15-17-32(18-16-31)26-9-6-5-8-24(26)28/h5-6,8-9,22-23,25H,4,7,10-21H2,1-3H3,(H,29,33)/t23-,25+/m1/s1. The van der Waals surface area contributed by atoms with Crippen molar-refractivity contribution < 1.29 is 13.9 Å². The molecule has 2 aliphatic rings. The maximum Gasteiger partial charge on any atom is 0.220 e. The van der Waals surface area contributed by atoms with E-state index in [1.807, 2.05) is 19.1 Å². The summed E-state index contributed by atoms with van der Waals surface area (Å²) in [5.74, 6) is 1.15. The summed E-state index contributed by atoms with van der Waals surface area (Å²) < 4.78 is 19.6. The molecule has 34 heavy (non-hydrogen) atoms. The molecule has 1 aromatic carbocycles. The van der Waals surface area contributed by atoms with Crippen LogP contribution in [0.4, 0.5) is 10.1 Å². The Bertz CT molecular complexity index is 739. The van der Waals surface area contributed by atoms with Crippen LogP contribution in [0, 0.1) is 17.7 Å². The summed E-state index contributed by atoms with van der Waals surface area (Å²) in [6.45, 7) is 15.5. The first-order valence-electron chi connectivity index (χ1n) is 13.3. The van der Waals surface area contributed by atoms with Crippen molar-refractivity contribution in [2.24, 2.45) is 11.8 Å². The molecule has 0 radical (unpaired) electrons. The topological polar surface area (TPSA) is 48.1 Å². The number of benzene rings is 1. The van der Waals surface area contributed by atoms with E-state index in [4.69, 9.17) is 4.74 Å². The van der Waals surface area contributed by atoms with E-state index in [0.717, 1.165) is 71.7 Å². The van der Waals surface area contributed by atoms with E-state index in [-0.39, 0.29) is 11.7 Å². The monoisotopic (exact) mass is 476 g/mol. The Morgan fingerprint density at radius 2 is 1.94 bits per heavy atom. The van der Waals surface area contributed by atoms with E-state index in [2.05, 4.69) is 33.9 Å². The Kier molecular flexibility index (Phi) is 11.1. The molecular formula is C27H45FN4O2. The SMILES string of the molecule is CCOCCCNC(=O)CC[C@@H]1CN(CC(C)C)CC[C@@H]1N1CCN(c2ccccc2F)CC1. The van der Waals surface area contributed by atoms with E-state index in [1.165, 1.54) is 0 Å². The number of carbonyl (C=O) groups is 1. The van der Waals surface area contributed by atoms with Crippen LogP contribution in [0.2, 0.25) is 0 Å². The number of rotatable bonds is 12. The normalized spacial score (nSPS) is 22.3. The Morgan fingerprint density at radius 3 is 2.65 bits per heavy atom. The molecule has 2 atom stereocenters. The highest BCUT2D eigenvalue weighted by atomic mass is 19.1. The fourth-order valence-electron chi connectivity index (χ4n) is 5.50. The highest BCUT2D eigenvalue weighted by Crippen LogP contribution is 2.29. The van der Waals surface area contributed by atoms with Gasteiger partial charge in [0, 0.05) is 71.5 Å². The average molecular weight is 477 g/mol. The minimum Gasteiger partial charge on any atom is -0.382 e. The largest absolute Gasteiger partial charge is 0.382 e. The van der Waals surface area contributed by atoms with Crippen LogP contribution in [0.3, 0.4) is 0 Å². The fourth-order valence-corrected chi connectivity index (χ4v) is 5.50. The fraction of sp³-hybridized carbons (Fsp3) is 0.741. The van der Waals surface area contributed by atoms with E-state index >= 15 is 0 Å². The number of halogens is 1. The molecule has 7 heteroatoms. The van der Waals surface area contributed by atoms with Gasteiger partial charge in [0.25, 0.3) is 0 Å². The summed E-state index contributed by atoms with van der Waals surface area (Å²) in [6, 6.07) is 7.58. The summed E-state index contributed by atoms with van der Waals surface area (Å²) in [6.07, 6.45) is 3.51. The molecule has 0 aliphatic carbocycles. The first-order chi connectivity index (χ1) is 16.5. The average Bonchev–Trinajstić information content (AvgIpc) is 2.83. The Labute approximate surface area is 205 Å². The second-order valence-corrected chi connectivity index (χ2v) is 10.2. The second-order valence-electron chi connectivity index (χ2n) is 10.2. The summed E-state index contributed by atoms with van der Waals surface area (Å²) in [5, 5.41) is 3.06. The number of nitrogens with zero attached hydrogens (tertiary/aromatic N) is 3. The molecule has 0 unspecified atom stereocenters. The molecule has 0 spiro atoms. The van der Waals surface area contributed by atoms with Gasteiger partial charge in [0.05, 0.1) is 5.69 Å². The van der Waals surface area contributed by atoms with Crippen molar-refractivity contribution in [3.8, 4) is 0 Å². The van der Waals surface area contributed by atoms with E-state index in [1.54, 1.807) is 12.1 Å². The molecule has 0 bridgehead atoms.